The van der Waals surface area contributed by atoms with Crippen LogP contribution in [0.4, 0.5) is 5.13 Å². The van der Waals surface area contributed by atoms with Crippen molar-refractivity contribution in [2.24, 2.45) is 0 Å². The number of aryl methyl sites for hydroxylation is 1. The minimum Gasteiger partial charge on any atom is -0.469 e. The molecule has 0 bridgehead atoms. The third-order valence-electron chi connectivity index (χ3n) is 4.58. The van der Waals surface area contributed by atoms with Crippen LogP contribution in [0.2, 0.25) is 0 Å². The lowest BCUT2D eigenvalue weighted by Gasteiger charge is -2.22. The largest absolute Gasteiger partial charge is 0.469 e. The Hall–Kier alpha value is -3.48. The highest BCUT2D eigenvalue weighted by atomic mass is 32.1. The topological polar surface area (TPSA) is 108 Å². The van der Waals surface area contributed by atoms with Crippen molar-refractivity contribution in [3.63, 3.8) is 0 Å². The minimum atomic E-state index is -0.305. The summed E-state index contributed by atoms with van der Waals surface area (Å²) in [6.07, 6.45) is 1.57. The number of nitrogens with zero attached hydrogens (tertiary/aromatic N) is 3. The Balaban J connectivity index is 1.63. The van der Waals surface area contributed by atoms with Crippen molar-refractivity contribution in [2.75, 3.05) is 25.6 Å². The summed E-state index contributed by atoms with van der Waals surface area (Å²) in [5.41, 5.74) is 2.52. The maximum atomic E-state index is 12.9. The molecule has 0 fully saturated rings. The van der Waals surface area contributed by atoms with Crippen LogP contribution in [0.25, 0.3) is 0 Å². The Morgan fingerprint density at radius 2 is 2.06 bits per heavy atom. The number of hydrogen-bond donors (Lipinski definition) is 1. The van der Waals surface area contributed by atoms with Crippen molar-refractivity contribution in [2.45, 2.75) is 19.9 Å². The van der Waals surface area contributed by atoms with Crippen LogP contribution < -0.4 is 5.32 Å². The standard InChI is InChI=1S/C22H22N4O4S/c1-15-19(7-9-30-15)21(28)25-22-24-18(14-31-22)11-20(27)26(8-10-29-2)13-17-5-3-16(12-23)4-6-17/h3-7,9,14H,8,10-11,13H2,1-2H3,(H,24,25,28). The number of carbonyl (C=O) groups is 2. The van der Waals surface area contributed by atoms with E-state index < -0.39 is 0 Å². The van der Waals surface area contributed by atoms with Crippen LogP contribution in [-0.4, -0.2) is 42.0 Å². The van der Waals surface area contributed by atoms with Gasteiger partial charge in [-0.2, -0.15) is 5.26 Å². The minimum absolute atomic E-state index is 0.102. The van der Waals surface area contributed by atoms with E-state index in [0.717, 1.165) is 5.56 Å². The second-order valence-electron chi connectivity index (χ2n) is 6.78. The van der Waals surface area contributed by atoms with Gasteiger partial charge < -0.3 is 14.1 Å². The first kappa shape index (κ1) is 22.2. The molecule has 0 saturated carbocycles. The molecule has 0 unspecified atom stereocenters. The zero-order chi connectivity index (χ0) is 22.2. The molecule has 0 aliphatic heterocycles. The molecular formula is C22H22N4O4S. The van der Waals surface area contributed by atoms with Gasteiger partial charge in [0.15, 0.2) is 5.13 Å². The smallest absolute Gasteiger partial charge is 0.260 e. The molecule has 160 valence electrons. The monoisotopic (exact) mass is 438 g/mol. The number of nitriles is 1. The normalized spacial score (nSPS) is 10.5. The summed E-state index contributed by atoms with van der Waals surface area (Å²) in [6, 6.07) is 10.8. The molecule has 8 nitrogen and oxygen atoms in total. The Morgan fingerprint density at radius 1 is 1.29 bits per heavy atom. The van der Waals surface area contributed by atoms with Crippen LogP contribution >= 0.6 is 11.3 Å². The highest BCUT2D eigenvalue weighted by molar-refractivity contribution is 7.14. The average molecular weight is 439 g/mol. The lowest BCUT2D eigenvalue weighted by atomic mass is 10.1. The van der Waals surface area contributed by atoms with Crippen LogP contribution in [0, 0.1) is 18.3 Å². The number of thiazole rings is 1. The van der Waals surface area contributed by atoms with Crippen molar-refractivity contribution in [1.29, 1.82) is 5.26 Å². The second-order valence-corrected chi connectivity index (χ2v) is 7.64. The SMILES string of the molecule is COCCN(Cc1ccc(C#N)cc1)C(=O)Cc1csc(NC(=O)c2ccoc2C)n1. The molecule has 0 spiro atoms. The summed E-state index contributed by atoms with van der Waals surface area (Å²) in [4.78, 5) is 31.2. The third-order valence-corrected chi connectivity index (χ3v) is 5.39. The van der Waals surface area contributed by atoms with E-state index in [4.69, 9.17) is 14.4 Å². The Bertz CT molecular complexity index is 1080. The van der Waals surface area contributed by atoms with Crippen LogP contribution in [0.5, 0.6) is 0 Å². The number of anilines is 1. The van der Waals surface area contributed by atoms with Crippen molar-refractivity contribution in [3.8, 4) is 6.07 Å². The molecule has 31 heavy (non-hydrogen) atoms. The maximum Gasteiger partial charge on any atom is 0.260 e. The fraction of sp³-hybridized carbons (Fsp3) is 0.273. The van der Waals surface area contributed by atoms with Crippen molar-refractivity contribution >= 4 is 28.3 Å². The number of aromatic nitrogens is 1. The fourth-order valence-electron chi connectivity index (χ4n) is 2.90. The second kappa shape index (κ2) is 10.5. The van der Waals surface area contributed by atoms with Gasteiger partial charge in [0, 0.05) is 25.6 Å². The molecule has 3 aromatic rings. The van der Waals surface area contributed by atoms with E-state index in [0.29, 0.717) is 47.4 Å². The van der Waals surface area contributed by atoms with Gasteiger partial charge in [-0.25, -0.2) is 4.98 Å². The van der Waals surface area contributed by atoms with Gasteiger partial charge in [-0.1, -0.05) is 12.1 Å². The van der Waals surface area contributed by atoms with Crippen molar-refractivity contribution in [1.82, 2.24) is 9.88 Å². The lowest BCUT2D eigenvalue weighted by Crippen LogP contribution is -2.34. The van der Waals surface area contributed by atoms with E-state index in [1.165, 1.54) is 17.6 Å². The Kier molecular flexibility index (Phi) is 7.54. The number of methoxy groups -OCH3 is 1. The maximum absolute atomic E-state index is 12.9. The molecule has 0 aliphatic rings. The number of rotatable bonds is 9. The quantitative estimate of drug-likeness (QED) is 0.549. The van der Waals surface area contributed by atoms with Crippen LogP contribution in [0.3, 0.4) is 0 Å². The number of ether oxygens (including phenoxy) is 1. The van der Waals surface area contributed by atoms with Gasteiger partial charge in [-0.3, -0.25) is 14.9 Å². The lowest BCUT2D eigenvalue weighted by molar-refractivity contribution is -0.131. The number of amides is 2. The zero-order valence-electron chi connectivity index (χ0n) is 17.3. The number of furan rings is 1. The molecule has 2 aromatic heterocycles. The van der Waals surface area contributed by atoms with E-state index in [1.54, 1.807) is 42.5 Å². The first-order chi connectivity index (χ1) is 15.0. The van der Waals surface area contributed by atoms with Crippen molar-refractivity contribution in [3.05, 3.63) is 70.1 Å². The summed E-state index contributed by atoms with van der Waals surface area (Å²) in [6.45, 7) is 2.96. The van der Waals surface area contributed by atoms with E-state index in [1.807, 2.05) is 12.1 Å². The number of benzene rings is 1. The average Bonchev–Trinajstić information content (AvgIpc) is 3.40. The van der Waals surface area contributed by atoms with E-state index >= 15 is 0 Å². The summed E-state index contributed by atoms with van der Waals surface area (Å²) in [5.74, 6) is 0.123. The predicted octanol–water partition coefficient (Wildman–Crippen LogP) is 3.39. The highest BCUT2D eigenvalue weighted by Gasteiger charge is 2.18. The molecule has 3 rings (SSSR count). The Morgan fingerprint density at radius 3 is 2.71 bits per heavy atom. The number of hydrogen-bond acceptors (Lipinski definition) is 7. The van der Waals surface area contributed by atoms with Gasteiger partial charge in [0.25, 0.3) is 5.91 Å². The first-order valence-corrected chi connectivity index (χ1v) is 10.4. The van der Waals surface area contributed by atoms with Gasteiger partial charge >= 0.3 is 0 Å². The Labute approximate surface area is 184 Å². The summed E-state index contributed by atoms with van der Waals surface area (Å²) in [7, 11) is 1.58. The van der Waals surface area contributed by atoms with Crippen LogP contribution in [0.1, 0.15) is 32.9 Å². The van der Waals surface area contributed by atoms with Gasteiger partial charge in [0.2, 0.25) is 5.91 Å². The zero-order valence-corrected chi connectivity index (χ0v) is 18.1. The molecule has 0 atom stereocenters. The summed E-state index contributed by atoms with van der Waals surface area (Å²) >= 11 is 1.26. The highest BCUT2D eigenvalue weighted by Crippen LogP contribution is 2.19. The van der Waals surface area contributed by atoms with E-state index in [-0.39, 0.29) is 18.2 Å². The molecule has 1 aromatic carbocycles. The predicted molar refractivity (Wildman–Crippen MR) is 116 cm³/mol. The van der Waals surface area contributed by atoms with Gasteiger partial charge in [-0.15, -0.1) is 11.3 Å². The summed E-state index contributed by atoms with van der Waals surface area (Å²) < 4.78 is 10.3. The van der Waals surface area contributed by atoms with Crippen LogP contribution in [0.15, 0.2) is 46.4 Å². The van der Waals surface area contributed by atoms with E-state index in [2.05, 4.69) is 16.4 Å². The first-order valence-electron chi connectivity index (χ1n) is 9.55. The van der Waals surface area contributed by atoms with Crippen LogP contribution in [-0.2, 0) is 22.5 Å². The molecule has 0 saturated heterocycles. The van der Waals surface area contributed by atoms with E-state index in [9.17, 15) is 9.59 Å². The molecule has 2 amide bonds. The number of carbonyl (C=O) groups excluding carboxylic acids is 2. The van der Waals surface area contributed by atoms with Gasteiger partial charge in [0.1, 0.15) is 5.76 Å². The third kappa shape index (κ3) is 6.01. The fourth-order valence-corrected chi connectivity index (χ4v) is 3.60. The van der Waals surface area contributed by atoms with Gasteiger partial charge in [0.05, 0.1) is 42.2 Å². The van der Waals surface area contributed by atoms with Gasteiger partial charge in [-0.05, 0) is 30.7 Å². The molecule has 2 heterocycles. The van der Waals surface area contributed by atoms with Crippen molar-refractivity contribution < 1.29 is 18.7 Å². The molecule has 0 aliphatic carbocycles. The number of nitrogens with one attached hydrogen (secondary N) is 1. The summed E-state index contributed by atoms with van der Waals surface area (Å²) in [5, 5.41) is 13.8. The molecule has 1 N–H and O–H groups in total. The molecular weight excluding hydrogens is 416 g/mol. The molecule has 9 heteroatoms. The molecule has 0 radical (unpaired) electrons.